The molecule has 0 radical (unpaired) electrons. The van der Waals surface area contributed by atoms with Gasteiger partial charge >= 0.3 is 0 Å². The maximum Gasteiger partial charge on any atom is 0.0887 e. The fraction of sp³-hybridized carbons (Fsp3) is 0.875. The minimum absolute atomic E-state index is 0.00602. The van der Waals surface area contributed by atoms with Crippen LogP contribution in [0.3, 0.4) is 0 Å². The van der Waals surface area contributed by atoms with Crippen LogP contribution in [-0.4, -0.2) is 23.8 Å². The number of rotatable bonds is 2. The zero-order valence-electron chi connectivity index (χ0n) is 12.9. The van der Waals surface area contributed by atoms with Crippen LogP contribution in [0.15, 0.2) is 11.6 Å². The van der Waals surface area contributed by atoms with Gasteiger partial charge in [0.15, 0.2) is 0 Å². The quantitative estimate of drug-likeness (QED) is 0.683. The third kappa shape index (κ3) is 2.65. The van der Waals surface area contributed by atoms with Crippen molar-refractivity contribution in [3.63, 3.8) is 0 Å². The van der Waals surface area contributed by atoms with E-state index < -0.39 is 0 Å². The van der Waals surface area contributed by atoms with Crippen molar-refractivity contribution in [2.75, 3.05) is 7.05 Å². The van der Waals surface area contributed by atoms with Crippen LogP contribution >= 0.6 is 0 Å². The number of allylic oxidation sites excluding steroid dienone is 2. The predicted molar refractivity (Wildman–Crippen MR) is 76.2 cm³/mol. The number of hydrogen-bond donors (Lipinski definition) is 0. The molecule has 1 aliphatic carbocycles. The molecule has 1 saturated carbocycles. The molecule has 18 heavy (non-hydrogen) atoms. The lowest BCUT2D eigenvalue weighted by molar-refractivity contribution is -0.178. The summed E-state index contributed by atoms with van der Waals surface area (Å²) in [5.74, 6) is 0.673. The van der Waals surface area contributed by atoms with Crippen molar-refractivity contribution >= 4 is 0 Å². The zero-order chi connectivity index (χ0) is 13.6. The lowest BCUT2D eigenvalue weighted by Crippen LogP contribution is -2.42. The van der Waals surface area contributed by atoms with E-state index >= 15 is 0 Å². The molecule has 0 amide bonds. The van der Waals surface area contributed by atoms with Crippen molar-refractivity contribution in [2.24, 2.45) is 11.3 Å². The number of fused-ring (bicyclic) bond motifs is 1. The first-order chi connectivity index (χ1) is 8.23. The number of hydrogen-bond acceptors (Lipinski definition) is 2. The molecule has 0 spiro atoms. The maximum atomic E-state index is 6.03. The van der Waals surface area contributed by atoms with E-state index in [1.165, 1.54) is 31.3 Å². The molecule has 2 fully saturated rings. The largest absolute Gasteiger partial charge is 0.293 e. The molecule has 0 bridgehead atoms. The van der Waals surface area contributed by atoms with Crippen LogP contribution in [-0.2, 0) is 4.84 Å². The Morgan fingerprint density at radius 3 is 2.61 bits per heavy atom. The van der Waals surface area contributed by atoms with Crippen LogP contribution in [0, 0.1) is 11.3 Å². The van der Waals surface area contributed by atoms with Crippen molar-refractivity contribution in [2.45, 2.75) is 71.9 Å². The normalized spacial score (nSPS) is 39.4. The van der Waals surface area contributed by atoms with Crippen LogP contribution in [0.1, 0.15) is 60.3 Å². The minimum atomic E-state index is 0.00602. The van der Waals surface area contributed by atoms with Gasteiger partial charge in [-0.15, -0.1) is 0 Å². The Bertz CT molecular complexity index is 343. The van der Waals surface area contributed by atoms with E-state index in [0.717, 1.165) is 0 Å². The van der Waals surface area contributed by atoms with Gasteiger partial charge in [-0.3, -0.25) is 4.84 Å². The van der Waals surface area contributed by atoms with Crippen molar-refractivity contribution in [3.05, 3.63) is 11.6 Å². The van der Waals surface area contributed by atoms with Gasteiger partial charge in [-0.25, -0.2) is 0 Å². The Kier molecular flexibility index (Phi) is 3.63. The van der Waals surface area contributed by atoms with E-state index in [0.29, 0.717) is 17.4 Å². The Balaban J connectivity index is 2.11. The predicted octanol–water partition coefficient (Wildman–Crippen LogP) is 4.17. The Hall–Kier alpha value is -0.340. The zero-order valence-corrected chi connectivity index (χ0v) is 12.9. The highest BCUT2D eigenvalue weighted by atomic mass is 16.7. The second-order valence-corrected chi connectivity index (χ2v) is 7.45. The molecule has 2 aliphatic rings. The Labute approximate surface area is 112 Å². The monoisotopic (exact) mass is 251 g/mol. The van der Waals surface area contributed by atoms with E-state index in [4.69, 9.17) is 4.84 Å². The van der Waals surface area contributed by atoms with E-state index in [2.05, 4.69) is 52.8 Å². The summed E-state index contributed by atoms with van der Waals surface area (Å²) in [5, 5.41) is 2.12. The summed E-state index contributed by atoms with van der Waals surface area (Å²) in [6.45, 7) is 11.4. The summed E-state index contributed by atoms with van der Waals surface area (Å²) < 4.78 is 0. The van der Waals surface area contributed by atoms with Crippen molar-refractivity contribution in [3.8, 4) is 0 Å². The van der Waals surface area contributed by atoms with Gasteiger partial charge in [0.2, 0.25) is 0 Å². The topological polar surface area (TPSA) is 12.5 Å². The molecule has 0 aromatic rings. The molecule has 0 aromatic carbocycles. The van der Waals surface area contributed by atoms with Gasteiger partial charge in [-0.05, 0) is 58.8 Å². The van der Waals surface area contributed by atoms with Crippen LogP contribution in [0.25, 0.3) is 0 Å². The standard InChI is InChI=1S/C16H29NO/c1-12(2)7-9-16(5)10-8-14-13(11-16)15(3,4)18-17(14)6/h7,13-14H,8-11H2,1-6H3. The SMILES string of the molecule is CC(C)=CCC1(C)CCC2C(C1)C(C)(C)ON2C. The first-order valence-electron chi connectivity index (χ1n) is 7.29. The van der Waals surface area contributed by atoms with Gasteiger partial charge < -0.3 is 0 Å². The molecule has 3 unspecified atom stereocenters. The van der Waals surface area contributed by atoms with E-state index in [1.807, 2.05) is 0 Å². The summed E-state index contributed by atoms with van der Waals surface area (Å²) >= 11 is 0. The third-order valence-corrected chi connectivity index (χ3v) is 4.96. The molecule has 0 N–H and O–H groups in total. The van der Waals surface area contributed by atoms with E-state index in [-0.39, 0.29) is 5.60 Å². The van der Waals surface area contributed by atoms with E-state index in [9.17, 15) is 0 Å². The molecule has 2 heteroatoms. The van der Waals surface area contributed by atoms with Gasteiger partial charge in [0.05, 0.1) is 5.60 Å². The summed E-state index contributed by atoms with van der Waals surface area (Å²) in [4.78, 5) is 6.03. The van der Waals surface area contributed by atoms with Crippen LogP contribution in [0.5, 0.6) is 0 Å². The smallest absolute Gasteiger partial charge is 0.0887 e. The average Bonchev–Trinajstić information content (AvgIpc) is 2.46. The first-order valence-corrected chi connectivity index (χ1v) is 7.29. The molecule has 0 aromatic heterocycles. The summed E-state index contributed by atoms with van der Waals surface area (Å²) in [6, 6.07) is 0.625. The van der Waals surface area contributed by atoms with Gasteiger partial charge in [-0.2, -0.15) is 5.06 Å². The van der Waals surface area contributed by atoms with Crippen molar-refractivity contribution in [1.82, 2.24) is 5.06 Å². The summed E-state index contributed by atoms with van der Waals surface area (Å²) in [6.07, 6.45) is 7.52. The molecule has 3 atom stereocenters. The Morgan fingerprint density at radius 2 is 2.00 bits per heavy atom. The second-order valence-electron chi connectivity index (χ2n) is 7.45. The third-order valence-electron chi connectivity index (χ3n) is 4.96. The van der Waals surface area contributed by atoms with Gasteiger partial charge in [0, 0.05) is 19.0 Å². The first kappa shape index (κ1) is 14.1. The van der Waals surface area contributed by atoms with Gasteiger partial charge in [-0.1, -0.05) is 18.6 Å². The summed E-state index contributed by atoms with van der Waals surface area (Å²) in [5.41, 5.74) is 1.91. The highest BCUT2D eigenvalue weighted by Crippen LogP contribution is 2.51. The fourth-order valence-corrected chi connectivity index (χ4v) is 3.75. The lowest BCUT2D eigenvalue weighted by atomic mass is 9.63. The number of nitrogens with zero attached hydrogens (tertiary/aromatic N) is 1. The molecule has 1 heterocycles. The lowest BCUT2D eigenvalue weighted by Gasteiger charge is -2.42. The molecular weight excluding hydrogens is 222 g/mol. The average molecular weight is 251 g/mol. The minimum Gasteiger partial charge on any atom is -0.293 e. The van der Waals surface area contributed by atoms with Crippen LogP contribution < -0.4 is 0 Å². The molecule has 2 nitrogen and oxygen atoms in total. The molecule has 1 saturated heterocycles. The van der Waals surface area contributed by atoms with Gasteiger partial charge in [0.1, 0.15) is 0 Å². The highest BCUT2D eigenvalue weighted by molar-refractivity contribution is 5.04. The van der Waals surface area contributed by atoms with Crippen molar-refractivity contribution in [1.29, 1.82) is 0 Å². The molecular formula is C16H29NO. The Morgan fingerprint density at radius 1 is 1.33 bits per heavy atom. The maximum absolute atomic E-state index is 6.03. The molecule has 1 aliphatic heterocycles. The highest BCUT2D eigenvalue weighted by Gasteiger charge is 2.52. The van der Waals surface area contributed by atoms with Gasteiger partial charge in [0.25, 0.3) is 0 Å². The molecule has 2 rings (SSSR count). The van der Waals surface area contributed by atoms with Crippen LogP contribution in [0.4, 0.5) is 0 Å². The second kappa shape index (κ2) is 4.64. The van der Waals surface area contributed by atoms with Crippen LogP contribution in [0.2, 0.25) is 0 Å². The fourth-order valence-electron chi connectivity index (χ4n) is 3.75. The summed E-state index contributed by atoms with van der Waals surface area (Å²) in [7, 11) is 2.10. The van der Waals surface area contributed by atoms with Crippen molar-refractivity contribution < 1.29 is 4.84 Å². The van der Waals surface area contributed by atoms with E-state index in [1.54, 1.807) is 0 Å². The number of hydroxylamine groups is 2. The molecule has 104 valence electrons.